The van der Waals surface area contributed by atoms with Crippen molar-refractivity contribution < 1.29 is 32.2 Å². The summed E-state index contributed by atoms with van der Waals surface area (Å²) in [7, 11) is 0. The Kier molecular flexibility index (Phi) is 5.87. The van der Waals surface area contributed by atoms with Crippen molar-refractivity contribution in [1.82, 2.24) is 0 Å². The Morgan fingerprint density at radius 3 is 2.22 bits per heavy atom. The predicted molar refractivity (Wildman–Crippen MR) is 93.0 cm³/mol. The van der Waals surface area contributed by atoms with Crippen LogP contribution in [0.3, 0.4) is 0 Å². The Bertz CT molecular complexity index is 733. The van der Waals surface area contributed by atoms with Crippen molar-refractivity contribution in [2.24, 2.45) is 11.8 Å². The highest BCUT2D eigenvalue weighted by Crippen LogP contribution is 2.31. The molecule has 0 amide bonds. The zero-order valence-electron chi connectivity index (χ0n) is 15.5. The van der Waals surface area contributed by atoms with Crippen LogP contribution in [0.1, 0.15) is 34.1 Å². The third-order valence-corrected chi connectivity index (χ3v) is 3.79. The lowest BCUT2D eigenvalue weighted by atomic mass is 9.81. The Morgan fingerprint density at radius 2 is 1.74 bits per heavy atom. The summed E-state index contributed by atoms with van der Waals surface area (Å²) in [4.78, 5) is 24.6. The summed E-state index contributed by atoms with van der Waals surface area (Å²) < 4.78 is 45.7. The van der Waals surface area contributed by atoms with E-state index in [1.165, 1.54) is 30.3 Å². The van der Waals surface area contributed by atoms with Crippen LogP contribution >= 0.6 is 0 Å². The number of ketones is 1. The molecule has 0 heterocycles. The molecule has 2 rings (SSSR count). The number of allylic oxidation sites excluding steroid dienone is 2. The van der Waals surface area contributed by atoms with Crippen molar-refractivity contribution in [2.45, 2.75) is 46.1 Å². The SMILES string of the molecule is C[C@@H]1CC(Nc2ccc(OC(F)(F)F)cc2)=CC(=O)[C@H]1C(=O)OC(C)(C)C. The molecule has 1 aromatic rings. The van der Waals surface area contributed by atoms with E-state index in [-0.39, 0.29) is 17.5 Å². The second kappa shape index (κ2) is 7.62. The van der Waals surface area contributed by atoms with Crippen molar-refractivity contribution in [3.63, 3.8) is 0 Å². The maximum Gasteiger partial charge on any atom is 0.573 e. The second-order valence-corrected chi connectivity index (χ2v) is 7.46. The zero-order chi connectivity index (χ0) is 20.4. The summed E-state index contributed by atoms with van der Waals surface area (Å²) in [5.41, 5.74) is 0.405. The highest BCUT2D eigenvalue weighted by Gasteiger charge is 2.38. The summed E-state index contributed by atoms with van der Waals surface area (Å²) >= 11 is 0. The number of hydrogen-bond acceptors (Lipinski definition) is 5. The van der Waals surface area contributed by atoms with E-state index >= 15 is 0 Å². The minimum atomic E-state index is -4.75. The number of nitrogens with one attached hydrogen (secondary N) is 1. The first-order valence-electron chi connectivity index (χ1n) is 8.44. The Morgan fingerprint density at radius 1 is 1.15 bits per heavy atom. The van der Waals surface area contributed by atoms with Crippen molar-refractivity contribution in [2.75, 3.05) is 5.32 Å². The number of hydrogen-bond donors (Lipinski definition) is 1. The first-order valence-corrected chi connectivity index (χ1v) is 8.44. The quantitative estimate of drug-likeness (QED) is 0.613. The third-order valence-electron chi connectivity index (χ3n) is 3.79. The van der Waals surface area contributed by atoms with Gasteiger partial charge in [-0.3, -0.25) is 9.59 Å². The van der Waals surface area contributed by atoms with E-state index in [9.17, 15) is 22.8 Å². The molecule has 0 unspecified atom stereocenters. The number of anilines is 1. The number of carbonyl (C=O) groups excluding carboxylic acids is 2. The molecule has 0 radical (unpaired) electrons. The Labute approximate surface area is 155 Å². The van der Waals surface area contributed by atoms with E-state index in [1.54, 1.807) is 27.7 Å². The molecule has 148 valence electrons. The molecule has 1 aromatic carbocycles. The molecule has 8 heteroatoms. The molecule has 5 nitrogen and oxygen atoms in total. The van der Waals surface area contributed by atoms with E-state index < -0.39 is 23.9 Å². The van der Waals surface area contributed by atoms with E-state index in [4.69, 9.17) is 4.74 Å². The van der Waals surface area contributed by atoms with Gasteiger partial charge in [0.05, 0.1) is 0 Å². The van der Waals surface area contributed by atoms with Gasteiger partial charge in [-0.05, 0) is 57.4 Å². The molecule has 0 saturated heterocycles. The van der Waals surface area contributed by atoms with Crippen molar-refractivity contribution in [1.29, 1.82) is 0 Å². The number of benzene rings is 1. The van der Waals surface area contributed by atoms with Crippen LogP contribution in [-0.2, 0) is 14.3 Å². The molecule has 0 bridgehead atoms. The Balaban J connectivity index is 2.05. The zero-order valence-corrected chi connectivity index (χ0v) is 15.5. The second-order valence-electron chi connectivity index (χ2n) is 7.46. The number of halogens is 3. The van der Waals surface area contributed by atoms with Crippen LogP contribution in [0.15, 0.2) is 36.0 Å². The predicted octanol–water partition coefficient (Wildman–Crippen LogP) is 4.45. The van der Waals surface area contributed by atoms with Crippen LogP contribution in [0.2, 0.25) is 0 Å². The van der Waals surface area contributed by atoms with Gasteiger partial charge in [0.2, 0.25) is 0 Å². The minimum Gasteiger partial charge on any atom is -0.459 e. The van der Waals surface area contributed by atoms with Crippen LogP contribution < -0.4 is 10.1 Å². The molecular weight excluding hydrogens is 363 g/mol. The van der Waals surface area contributed by atoms with Gasteiger partial charge in [0, 0.05) is 17.5 Å². The fourth-order valence-corrected chi connectivity index (χ4v) is 2.79. The molecule has 1 N–H and O–H groups in total. The number of carbonyl (C=O) groups is 2. The largest absolute Gasteiger partial charge is 0.573 e. The van der Waals surface area contributed by atoms with Crippen molar-refractivity contribution >= 4 is 17.4 Å². The standard InChI is InChI=1S/C19H22F3NO4/c1-11-9-13(10-15(24)16(11)17(25)27-18(2,3)4)23-12-5-7-14(8-6-12)26-19(20,21)22/h5-8,10-11,16,23H,9H2,1-4H3/t11-,16+/m1/s1. The van der Waals surface area contributed by atoms with Crippen LogP contribution in [0.25, 0.3) is 0 Å². The smallest absolute Gasteiger partial charge is 0.459 e. The maximum atomic E-state index is 12.4. The minimum absolute atomic E-state index is 0.271. The molecule has 2 atom stereocenters. The van der Waals surface area contributed by atoms with Gasteiger partial charge in [0.1, 0.15) is 17.3 Å². The van der Waals surface area contributed by atoms with E-state index in [2.05, 4.69) is 10.1 Å². The highest BCUT2D eigenvalue weighted by molar-refractivity contribution is 6.06. The van der Waals surface area contributed by atoms with Gasteiger partial charge in [0.15, 0.2) is 5.78 Å². The molecule has 1 aliphatic carbocycles. The van der Waals surface area contributed by atoms with E-state index in [0.29, 0.717) is 17.8 Å². The third kappa shape index (κ3) is 6.30. The van der Waals surface area contributed by atoms with Gasteiger partial charge in [-0.15, -0.1) is 13.2 Å². The lowest BCUT2D eigenvalue weighted by Crippen LogP contribution is -2.38. The highest BCUT2D eigenvalue weighted by atomic mass is 19.4. The monoisotopic (exact) mass is 385 g/mol. The van der Waals surface area contributed by atoms with Crippen LogP contribution in [0.5, 0.6) is 5.75 Å². The van der Waals surface area contributed by atoms with Crippen molar-refractivity contribution in [3.05, 3.63) is 36.0 Å². The number of esters is 1. The lowest BCUT2D eigenvalue weighted by molar-refractivity contribution is -0.274. The molecule has 27 heavy (non-hydrogen) atoms. The fourth-order valence-electron chi connectivity index (χ4n) is 2.79. The Hall–Kier alpha value is -2.51. The first kappa shape index (κ1) is 20.8. The van der Waals surface area contributed by atoms with Gasteiger partial charge in [0.25, 0.3) is 0 Å². The first-order chi connectivity index (χ1) is 12.3. The number of ether oxygens (including phenoxy) is 2. The van der Waals surface area contributed by atoms with Gasteiger partial charge >= 0.3 is 12.3 Å². The molecule has 0 fully saturated rings. The topological polar surface area (TPSA) is 64.6 Å². The number of alkyl halides is 3. The van der Waals surface area contributed by atoms with E-state index in [1.807, 2.05) is 0 Å². The fraction of sp³-hybridized carbons (Fsp3) is 0.474. The van der Waals surface area contributed by atoms with Crippen molar-refractivity contribution in [3.8, 4) is 5.75 Å². The van der Waals surface area contributed by atoms with Crippen LogP contribution in [-0.4, -0.2) is 23.7 Å². The summed E-state index contributed by atoms with van der Waals surface area (Å²) in [6.07, 6.45) is -2.98. The average Bonchev–Trinajstić information content (AvgIpc) is 2.45. The summed E-state index contributed by atoms with van der Waals surface area (Å²) in [5, 5.41) is 2.99. The molecule has 0 aromatic heterocycles. The number of rotatable bonds is 4. The van der Waals surface area contributed by atoms with Crippen LogP contribution in [0.4, 0.5) is 18.9 Å². The average molecular weight is 385 g/mol. The van der Waals surface area contributed by atoms with Gasteiger partial charge in [-0.1, -0.05) is 6.92 Å². The molecule has 0 saturated carbocycles. The summed E-state index contributed by atoms with van der Waals surface area (Å²) in [6.45, 7) is 6.98. The summed E-state index contributed by atoms with van der Waals surface area (Å²) in [5.74, 6) is -2.38. The molecular formula is C19H22F3NO4. The normalized spacial score (nSPS) is 20.7. The van der Waals surface area contributed by atoms with E-state index in [0.717, 1.165) is 0 Å². The summed E-state index contributed by atoms with van der Waals surface area (Å²) in [6, 6.07) is 5.18. The molecule has 0 aliphatic heterocycles. The molecule has 0 spiro atoms. The maximum absolute atomic E-state index is 12.4. The van der Waals surface area contributed by atoms with Gasteiger partial charge in [-0.2, -0.15) is 0 Å². The lowest BCUT2D eigenvalue weighted by Gasteiger charge is -2.29. The van der Waals surface area contributed by atoms with Gasteiger partial charge in [-0.25, -0.2) is 0 Å². The van der Waals surface area contributed by atoms with Crippen LogP contribution in [0, 0.1) is 11.8 Å². The van der Waals surface area contributed by atoms with Gasteiger partial charge < -0.3 is 14.8 Å². The molecule has 1 aliphatic rings.